The zero-order valence-electron chi connectivity index (χ0n) is 12.4. The first kappa shape index (κ1) is 14.4. The lowest BCUT2D eigenvalue weighted by Crippen LogP contribution is -2.31. The molecule has 1 aliphatic carbocycles. The van der Waals surface area contributed by atoms with Crippen LogP contribution in [0.4, 0.5) is 5.00 Å². The van der Waals surface area contributed by atoms with Gasteiger partial charge in [-0.1, -0.05) is 0 Å². The Bertz CT molecular complexity index is 704. The molecule has 3 aliphatic rings. The normalized spacial score (nSPS) is 29.6. The molecule has 0 radical (unpaired) electrons. The predicted molar refractivity (Wildman–Crippen MR) is 85.0 cm³/mol. The summed E-state index contributed by atoms with van der Waals surface area (Å²) < 4.78 is 27.6. The molecule has 2 aliphatic heterocycles. The molecule has 1 aromatic heterocycles. The van der Waals surface area contributed by atoms with E-state index in [1.807, 2.05) is 11.8 Å². The Kier molecular flexibility index (Phi) is 3.23. The van der Waals surface area contributed by atoms with Crippen molar-refractivity contribution >= 4 is 32.3 Å². The van der Waals surface area contributed by atoms with Crippen molar-refractivity contribution in [1.82, 2.24) is 9.27 Å². The lowest BCUT2D eigenvalue weighted by Gasteiger charge is -2.18. The molecule has 3 fully saturated rings. The molecule has 0 aromatic carbocycles. The number of nitrogens with zero attached hydrogens (tertiary/aromatic N) is 2. The van der Waals surface area contributed by atoms with Gasteiger partial charge in [0.15, 0.2) is 9.84 Å². The third-order valence-corrected chi connectivity index (χ3v) is 7.53. The summed E-state index contributed by atoms with van der Waals surface area (Å²) in [6, 6.07) is 0.481. The number of aromatic nitrogens is 1. The Morgan fingerprint density at radius 1 is 1.27 bits per heavy atom. The molecule has 0 unspecified atom stereocenters. The molecule has 2 atom stereocenters. The molecular weight excluding hydrogens is 322 g/mol. The summed E-state index contributed by atoms with van der Waals surface area (Å²) in [6.07, 6.45) is 2.30. The summed E-state index contributed by atoms with van der Waals surface area (Å²) in [7, 11) is -2.89. The standard InChI is InChI=1S/C14H19N3O3S2/c1-8-12(13(21-16-8)15-11-2-3-11)14(18)17-4-9-6-22(19,20)7-10(9)5-17/h9-11,15H,2-7H2,1H3/t9-,10+. The first-order valence-corrected chi connectivity index (χ1v) is 10.2. The van der Waals surface area contributed by atoms with E-state index < -0.39 is 9.84 Å². The lowest BCUT2D eigenvalue weighted by molar-refractivity contribution is 0.0785. The second-order valence-electron chi connectivity index (χ2n) is 6.70. The molecule has 120 valence electrons. The number of likely N-dealkylation sites (tertiary alicyclic amines) is 1. The SMILES string of the molecule is Cc1nsc(NC2CC2)c1C(=O)N1C[C@@H]2CS(=O)(=O)C[C@@H]2C1. The number of amides is 1. The second kappa shape index (κ2) is 4.92. The summed E-state index contributed by atoms with van der Waals surface area (Å²) in [5.74, 6) is 0.688. The number of carbonyl (C=O) groups is 1. The zero-order valence-corrected chi connectivity index (χ0v) is 14.0. The average molecular weight is 341 g/mol. The van der Waals surface area contributed by atoms with Gasteiger partial charge in [-0.15, -0.1) is 0 Å². The van der Waals surface area contributed by atoms with Crippen molar-refractivity contribution in [3.05, 3.63) is 11.3 Å². The summed E-state index contributed by atoms with van der Waals surface area (Å²) in [5, 5.41) is 4.26. The molecule has 1 N–H and O–H groups in total. The third-order valence-electron chi connectivity index (χ3n) is 4.79. The monoisotopic (exact) mass is 341 g/mol. The van der Waals surface area contributed by atoms with E-state index in [1.165, 1.54) is 11.5 Å². The highest BCUT2D eigenvalue weighted by molar-refractivity contribution is 7.91. The van der Waals surface area contributed by atoms with E-state index in [9.17, 15) is 13.2 Å². The highest BCUT2D eigenvalue weighted by atomic mass is 32.2. The van der Waals surface area contributed by atoms with Crippen molar-refractivity contribution in [3.8, 4) is 0 Å². The molecule has 0 bridgehead atoms. The largest absolute Gasteiger partial charge is 0.372 e. The molecule has 22 heavy (non-hydrogen) atoms. The smallest absolute Gasteiger partial charge is 0.258 e. The molecule has 4 rings (SSSR count). The van der Waals surface area contributed by atoms with Crippen LogP contribution in [0, 0.1) is 18.8 Å². The van der Waals surface area contributed by atoms with E-state index >= 15 is 0 Å². The average Bonchev–Trinajstić information content (AvgIpc) is 2.95. The van der Waals surface area contributed by atoms with E-state index in [0.29, 0.717) is 24.7 Å². The lowest BCUT2D eigenvalue weighted by atomic mass is 10.0. The van der Waals surface area contributed by atoms with Crippen molar-refractivity contribution < 1.29 is 13.2 Å². The second-order valence-corrected chi connectivity index (χ2v) is 9.63. The van der Waals surface area contributed by atoms with Gasteiger partial charge in [0.2, 0.25) is 0 Å². The summed E-state index contributed by atoms with van der Waals surface area (Å²) in [6.45, 7) is 2.98. The van der Waals surface area contributed by atoms with Gasteiger partial charge < -0.3 is 10.2 Å². The Balaban J connectivity index is 1.52. The van der Waals surface area contributed by atoms with Crippen molar-refractivity contribution in [2.75, 3.05) is 29.9 Å². The van der Waals surface area contributed by atoms with E-state index in [1.54, 1.807) is 0 Å². The quantitative estimate of drug-likeness (QED) is 0.892. The van der Waals surface area contributed by atoms with Gasteiger partial charge >= 0.3 is 0 Å². The minimum atomic E-state index is -2.89. The summed E-state index contributed by atoms with van der Waals surface area (Å²) in [4.78, 5) is 14.7. The summed E-state index contributed by atoms with van der Waals surface area (Å²) >= 11 is 1.35. The molecule has 0 spiro atoms. The Labute approximate surface area is 134 Å². The van der Waals surface area contributed by atoms with Gasteiger partial charge in [-0.05, 0) is 43.1 Å². The van der Waals surface area contributed by atoms with Crippen LogP contribution < -0.4 is 5.32 Å². The van der Waals surface area contributed by atoms with Crippen molar-refractivity contribution in [2.24, 2.45) is 11.8 Å². The number of anilines is 1. The number of hydrogen-bond donors (Lipinski definition) is 1. The maximum absolute atomic E-state index is 12.8. The summed E-state index contributed by atoms with van der Waals surface area (Å²) in [5.41, 5.74) is 1.45. The van der Waals surface area contributed by atoms with E-state index in [-0.39, 0.29) is 29.2 Å². The van der Waals surface area contributed by atoms with Crippen LogP contribution in [0.5, 0.6) is 0 Å². The van der Waals surface area contributed by atoms with Crippen LogP contribution in [0.3, 0.4) is 0 Å². The van der Waals surface area contributed by atoms with E-state index in [0.717, 1.165) is 23.5 Å². The molecule has 1 aromatic rings. The van der Waals surface area contributed by atoms with Crippen LogP contribution in [0.1, 0.15) is 28.9 Å². The molecule has 1 saturated carbocycles. The molecule has 2 saturated heterocycles. The maximum atomic E-state index is 12.8. The van der Waals surface area contributed by atoms with Crippen LogP contribution in [0.2, 0.25) is 0 Å². The number of fused-ring (bicyclic) bond motifs is 1. The molecular formula is C14H19N3O3S2. The molecule has 6 nitrogen and oxygen atoms in total. The fourth-order valence-corrected chi connectivity index (χ4v) is 6.55. The number of nitrogens with one attached hydrogen (secondary N) is 1. The van der Waals surface area contributed by atoms with Gasteiger partial charge in [0, 0.05) is 19.1 Å². The fraction of sp³-hybridized carbons (Fsp3) is 0.714. The number of sulfone groups is 1. The van der Waals surface area contributed by atoms with Crippen molar-refractivity contribution in [2.45, 2.75) is 25.8 Å². The van der Waals surface area contributed by atoms with Crippen LogP contribution in [-0.2, 0) is 9.84 Å². The highest BCUT2D eigenvalue weighted by Gasteiger charge is 2.45. The van der Waals surface area contributed by atoms with Crippen molar-refractivity contribution in [3.63, 3.8) is 0 Å². The van der Waals surface area contributed by atoms with E-state index in [2.05, 4.69) is 9.69 Å². The van der Waals surface area contributed by atoms with Crippen molar-refractivity contribution in [1.29, 1.82) is 0 Å². The minimum Gasteiger partial charge on any atom is -0.372 e. The highest BCUT2D eigenvalue weighted by Crippen LogP contribution is 2.36. The minimum absolute atomic E-state index is 0.00111. The van der Waals surface area contributed by atoms with Gasteiger partial charge in [-0.2, -0.15) is 4.37 Å². The first-order chi connectivity index (χ1) is 10.4. The predicted octanol–water partition coefficient (Wildman–Crippen LogP) is 1.14. The van der Waals surface area contributed by atoms with Crippen LogP contribution in [0.15, 0.2) is 0 Å². The van der Waals surface area contributed by atoms with Crippen LogP contribution >= 0.6 is 11.5 Å². The number of hydrogen-bond acceptors (Lipinski definition) is 6. The maximum Gasteiger partial charge on any atom is 0.258 e. The molecule has 3 heterocycles. The van der Waals surface area contributed by atoms with Gasteiger partial charge in [0.1, 0.15) is 5.00 Å². The van der Waals surface area contributed by atoms with Gasteiger partial charge in [0.05, 0.1) is 22.8 Å². The topological polar surface area (TPSA) is 79.4 Å². The molecule has 8 heteroatoms. The van der Waals surface area contributed by atoms with Gasteiger partial charge in [-0.25, -0.2) is 8.42 Å². The molecule has 1 amide bonds. The van der Waals surface area contributed by atoms with Gasteiger partial charge in [0.25, 0.3) is 5.91 Å². The zero-order chi connectivity index (χ0) is 15.5. The van der Waals surface area contributed by atoms with Gasteiger partial charge in [-0.3, -0.25) is 4.79 Å². The number of rotatable bonds is 3. The Morgan fingerprint density at radius 2 is 1.91 bits per heavy atom. The first-order valence-electron chi connectivity index (χ1n) is 7.65. The fourth-order valence-electron chi connectivity index (χ4n) is 3.49. The Morgan fingerprint density at radius 3 is 2.50 bits per heavy atom. The number of aryl methyl sites for hydroxylation is 1. The van der Waals surface area contributed by atoms with Crippen LogP contribution in [0.25, 0.3) is 0 Å². The Hall–Kier alpha value is -1.15. The number of carbonyl (C=O) groups excluding carboxylic acids is 1. The van der Waals surface area contributed by atoms with E-state index in [4.69, 9.17) is 0 Å². The van der Waals surface area contributed by atoms with Crippen LogP contribution in [-0.4, -0.2) is 54.2 Å². The third kappa shape index (κ3) is 2.52.